The third-order valence-corrected chi connectivity index (χ3v) is 5.48. The highest BCUT2D eigenvalue weighted by molar-refractivity contribution is 7.88. The van der Waals surface area contributed by atoms with Crippen LogP contribution in [-0.4, -0.2) is 49.4 Å². The summed E-state index contributed by atoms with van der Waals surface area (Å²) in [5, 5.41) is 0. The van der Waals surface area contributed by atoms with E-state index >= 15 is 0 Å². The molecule has 0 atom stereocenters. The molecule has 6 heteroatoms. The zero-order valence-electron chi connectivity index (χ0n) is 14.0. The first-order valence-corrected chi connectivity index (χ1v) is 9.99. The molecule has 0 bridgehead atoms. The summed E-state index contributed by atoms with van der Waals surface area (Å²) in [5.41, 5.74) is 2.08. The van der Waals surface area contributed by atoms with Crippen LogP contribution in [0.5, 0.6) is 0 Å². The minimum Gasteiger partial charge on any atom is -0.343 e. The number of sulfonamides is 1. The van der Waals surface area contributed by atoms with Gasteiger partial charge in [0.05, 0.1) is 6.26 Å². The SMILES string of the molecule is Cc1ccc(CN(CCC(=O)N2CCCCC2)S(C)(=O)=O)cc1. The van der Waals surface area contributed by atoms with Gasteiger partial charge in [-0.1, -0.05) is 29.8 Å². The number of aryl methyl sites for hydroxylation is 1. The molecule has 0 radical (unpaired) electrons. The van der Waals surface area contributed by atoms with Gasteiger partial charge in [-0.05, 0) is 31.7 Å². The lowest BCUT2D eigenvalue weighted by molar-refractivity contribution is -0.132. The predicted octanol–water partition coefficient (Wildman–Crippen LogP) is 2.16. The van der Waals surface area contributed by atoms with Crippen molar-refractivity contribution in [1.82, 2.24) is 9.21 Å². The molecule has 0 aliphatic carbocycles. The van der Waals surface area contributed by atoms with Crippen LogP contribution < -0.4 is 0 Å². The van der Waals surface area contributed by atoms with Crippen molar-refractivity contribution in [3.05, 3.63) is 35.4 Å². The Labute approximate surface area is 139 Å². The molecule has 0 saturated carbocycles. The fraction of sp³-hybridized carbons (Fsp3) is 0.588. The molecule has 2 rings (SSSR count). The fourth-order valence-electron chi connectivity index (χ4n) is 2.78. The van der Waals surface area contributed by atoms with Gasteiger partial charge in [0.1, 0.15) is 0 Å². The van der Waals surface area contributed by atoms with Gasteiger partial charge in [0.15, 0.2) is 0 Å². The van der Waals surface area contributed by atoms with Crippen molar-refractivity contribution < 1.29 is 13.2 Å². The first-order valence-electron chi connectivity index (χ1n) is 8.15. The summed E-state index contributed by atoms with van der Waals surface area (Å²) in [6.07, 6.45) is 4.72. The summed E-state index contributed by atoms with van der Waals surface area (Å²) in [4.78, 5) is 14.1. The smallest absolute Gasteiger partial charge is 0.223 e. The Kier molecular flexibility index (Phi) is 6.18. The van der Waals surface area contributed by atoms with Crippen LogP contribution in [0.4, 0.5) is 0 Å². The van der Waals surface area contributed by atoms with Gasteiger partial charge in [0.2, 0.25) is 15.9 Å². The molecular weight excluding hydrogens is 312 g/mol. The van der Waals surface area contributed by atoms with Crippen molar-refractivity contribution in [3.63, 3.8) is 0 Å². The van der Waals surface area contributed by atoms with Gasteiger partial charge in [-0.2, -0.15) is 4.31 Å². The molecule has 0 spiro atoms. The van der Waals surface area contributed by atoms with Crippen LogP contribution in [0.2, 0.25) is 0 Å². The molecule has 1 heterocycles. The minimum absolute atomic E-state index is 0.0576. The maximum Gasteiger partial charge on any atom is 0.223 e. The average molecular weight is 338 g/mol. The Bertz CT molecular complexity index is 620. The van der Waals surface area contributed by atoms with Crippen molar-refractivity contribution in [2.45, 2.75) is 39.2 Å². The Morgan fingerprint density at radius 3 is 2.30 bits per heavy atom. The van der Waals surface area contributed by atoms with Gasteiger partial charge in [0.25, 0.3) is 0 Å². The van der Waals surface area contributed by atoms with Crippen molar-refractivity contribution in [2.75, 3.05) is 25.9 Å². The number of hydrogen-bond donors (Lipinski definition) is 0. The third kappa shape index (κ3) is 5.62. The van der Waals surface area contributed by atoms with Crippen LogP contribution in [0.25, 0.3) is 0 Å². The zero-order chi connectivity index (χ0) is 16.9. The van der Waals surface area contributed by atoms with Crippen LogP contribution in [0.3, 0.4) is 0 Å². The summed E-state index contributed by atoms with van der Waals surface area (Å²) in [5.74, 6) is 0.0576. The number of nitrogens with zero attached hydrogens (tertiary/aromatic N) is 2. The van der Waals surface area contributed by atoms with E-state index in [-0.39, 0.29) is 18.9 Å². The van der Waals surface area contributed by atoms with Crippen molar-refractivity contribution in [3.8, 4) is 0 Å². The Balaban J connectivity index is 1.96. The van der Waals surface area contributed by atoms with E-state index in [0.717, 1.165) is 37.1 Å². The summed E-state index contributed by atoms with van der Waals surface area (Å²) in [6, 6.07) is 7.79. The highest BCUT2D eigenvalue weighted by Crippen LogP contribution is 2.13. The summed E-state index contributed by atoms with van der Waals surface area (Å²) in [7, 11) is -3.34. The number of carbonyl (C=O) groups is 1. The van der Waals surface area contributed by atoms with E-state index in [2.05, 4.69) is 0 Å². The molecule has 1 aromatic carbocycles. The molecule has 1 saturated heterocycles. The van der Waals surface area contributed by atoms with Crippen LogP contribution >= 0.6 is 0 Å². The quantitative estimate of drug-likeness (QED) is 0.799. The van der Waals surface area contributed by atoms with E-state index in [4.69, 9.17) is 0 Å². The third-order valence-electron chi connectivity index (χ3n) is 4.23. The van der Waals surface area contributed by atoms with E-state index in [0.29, 0.717) is 6.54 Å². The van der Waals surface area contributed by atoms with Gasteiger partial charge in [-0.25, -0.2) is 8.42 Å². The molecule has 1 aliphatic heterocycles. The summed E-state index contributed by atoms with van der Waals surface area (Å²) >= 11 is 0. The monoisotopic (exact) mass is 338 g/mol. The average Bonchev–Trinajstić information content (AvgIpc) is 2.52. The number of rotatable bonds is 6. The topological polar surface area (TPSA) is 57.7 Å². The van der Waals surface area contributed by atoms with E-state index in [1.165, 1.54) is 17.0 Å². The molecule has 5 nitrogen and oxygen atoms in total. The minimum atomic E-state index is -3.34. The van der Waals surface area contributed by atoms with Crippen LogP contribution in [0.15, 0.2) is 24.3 Å². The van der Waals surface area contributed by atoms with Crippen molar-refractivity contribution in [2.24, 2.45) is 0 Å². The number of piperidine rings is 1. The molecule has 1 amide bonds. The van der Waals surface area contributed by atoms with Gasteiger partial charge in [-0.3, -0.25) is 4.79 Å². The Morgan fingerprint density at radius 1 is 1.13 bits per heavy atom. The molecule has 0 unspecified atom stereocenters. The normalized spacial score (nSPS) is 15.9. The van der Waals surface area contributed by atoms with Crippen molar-refractivity contribution >= 4 is 15.9 Å². The number of benzene rings is 1. The Hall–Kier alpha value is -1.40. The van der Waals surface area contributed by atoms with E-state index in [9.17, 15) is 13.2 Å². The molecular formula is C17H26N2O3S. The predicted molar refractivity (Wildman–Crippen MR) is 91.5 cm³/mol. The van der Waals surface area contributed by atoms with Crippen LogP contribution in [0.1, 0.15) is 36.8 Å². The first kappa shape index (κ1) is 17.9. The molecule has 0 aromatic heterocycles. The largest absolute Gasteiger partial charge is 0.343 e. The molecule has 128 valence electrons. The van der Waals surface area contributed by atoms with Gasteiger partial charge >= 0.3 is 0 Å². The van der Waals surface area contributed by atoms with Crippen LogP contribution in [-0.2, 0) is 21.4 Å². The maximum absolute atomic E-state index is 12.2. The number of hydrogen-bond acceptors (Lipinski definition) is 3. The van der Waals surface area contributed by atoms with E-state index < -0.39 is 10.0 Å². The second kappa shape index (κ2) is 7.93. The maximum atomic E-state index is 12.2. The van der Waals surface area contributed by atoms with Gasteiger partial charge < -0.3 is 4.90 Å². The highest BCUT2D eigenvalue weighted by atomic mass is 32.2. The zero-order valence-corrected chi connectivity index (χ0v) is 14.8. The number of likely N-dealkylation sites (tertiary alicyclic amines) is 1. The van der Waals surface area contributed by atoms with Gasteiger partial charge in [-0.15, -0.1) is 0 Å². The molecule has 0 N–H and O–H groups in total. The highest BCUT2D eigenvalue weighted by Gasteiger charge is 2.21. The second-order valence-electron chi connectivity index (χ2n) is 6.27. The Morgan fingerprint density at radius 2 is 1.74 bits per heavy atom. The number of amides is 1. The second-order valence-corrected chi connectivity index (χ2v) is 8.26. The summed E-state index contributed by atoms with van der Waals surface area (Å²) in [6.45, 7) is 4.15. The first-order chi connectivity index (χ1) is 10.9. The summed E-state index contributed by atoms with van der Waals surface area (Å²) < 4.78 is 25.4. The standard InChI is InChI=1S/C17H26N2O3S/c1-15-6-8-16(9-7-15)14-19(23(2,21)22)13-10-17(20)18-11-4-3-5-12-18/h6-9H,3-5,10-14H2,1-2H3. The van der Waals surface area contributed by atoms with Crippen molar-refractivity contribution in [1.29, 1.82) is 0 Å². The fourth-order valence-corrected chi connectivity index (χ4v) is 3.59. The number of carbonyl (C=O) groups excluding carboxylic acids is 1. The lowest BCUT2D eigenvalue weighted by atomic mass is 10.1. The molecule has 1 aromatic rings. The van der Waals surface area contributed by atoms with E-state index in [1.54, 1.807) is 0 Å². The van der Waals surface area contributed by atoms with E-state index in [1.807, 2.05) is 36.1 Å². The molecule has 1 aliphatic rings. The van der Waals surface area contributed by atoms with Crippen LogP contribution in [0, 0.1) is 6.92 Å². The van der Waals surface area contributed by atoms with Gasteiger partial charge in [0, 0.05) is 32.6 Å². The molecule has 23 heavy (non-hydrogen) atoms. The lowest BCUT2D eigenvalue weighted by Gasteiger charge is -2.28. The lowest BCUT2D eigenvalue weighted by Crippen LogP contribution is -2.38. The molecule has 1 fully saturated rings.